The summed E-state index contributed by atoms with van der Waals surface area (Å²) in [5.74, 6) is 3.29. The van der Waals surface area contributed by atoms with Crippen LogP contribution in [0, 0.1) is 23.8 Å². The lowest BCUT2D eigenvalue weighted by molar-refractivity contribution is 0.209. The predicted octanol–water partition coefficient (Wildman–Crippen LogP) is 4.97. The van der Waals surface area contributed by atoms with Crippen LogP contribution in [0.4, 0.5) is 16.0 Å². The molecule has 194 valence electrons. The van der Waals surface area contributed by atoms with Gasteiger partial charge >= 0.3 is 0 Å². The molecule has 38 heavy (non-hydrogen) atoms. The number of piperidine rings is 1. The average molecular weight is 512 g/mol. The van der Waals surface area contributed by atoms with Crippen LogP contribution in [0.2, 0.25) is 0 Å². The molecule has 1 fully saturated rings. The zero-order valence-electron chi connectivity index (χ0n) is 21.6. The van der Waals surface area contributed by atoms with Gasteiger partial charge in [-0.05, 0) is 87.5 Å². The molecule has 7 nitrogen and oxygen atoms in total. The molecule has 0 aliphatic carbocycles. The molecule has 3 heterocycles. The Morgan fingerprint density at radius 1 is 1.18 bits per heavy atom. The van der Waals surface area contributed by atoms with Crippen molar-refractivity contribution in [3.05, 3.63) is 88.1 Å². The summed E-state index contributed by atoms with van der Waals surface area (Å²) in [5, 5.41) is 3.91. The van der Waals surface area contributed by atoms with E-state index in [0.29, 0.717) is 29.4 Å². The monoisotopic (exact) mass is 511 g/mol. The van der Waals surface area contributed by atoms with E-state index < -0.39 is 5.82 Å². The second-order valence-electron chi connectivity index (χ2n) is 9.64. The van der Waals surface area contributed by atoms with Crippen molar-refractivity contribution in [1.29, 1.82) is 0 Å². The fourth-order valence-electron chi connectivity index (χ4n) is 4.89. The number of hydrogen-bond acceptors (Lipinski definition) is 6. The average Bonchev–Trinajstić information content (AvgIpc) is 2.91. The van der Waals surface area contributed by atoms with Gasteiger partial charge in [-0.15, -0.1) is 0 Å². The van der Waals surface area contributed by atoms with E-state index >= 15 is 0 Å². The van der Waals surface area contributed by atoms with Crippen molar-refractivity contribution in [3.63, 3.8) is 0 Å². The lowest BCUT2D eigenvalue weighted by atomic mass is 9.91. The highest BCUT2D eigenvalue weighted by atomic mass is 19.1. The number of fused-ring (bicyclic) bond motifs is 1. The molecule has 2 aromatic carbocycles. The highest BCUT2D eigenvalue weighted by molar-refractivity contribution is 5.77. The standard InChI is InChI=1S/C30H30FN5O2/c1-3-36-28-24(18-23(29(36)37)14-16-38-27-9-5-4-8-26(27)31)19-32-30(34-28)33-25-12-10-21(11-13-25)17-22-7-6-15-35(2)20-22/h4-5,8-13,18-19,22H,3,6-7,15,17,20H2,1-2H3,(H,32,33,34). The zero-order valence-corrected chi connectivity index (χ0v) is 21.6. The minimum Gasteiger partial charge on any atom is -0.404 e. The molecule has 2 aromatic heterocycles. The lowest BCUT2D eigenvalue weighted by Gasteiger charge is -2.29. The van der Waals surface area contributed by atoms with Crippen LogP contribution in [0.1, 0.15) is 30.9 Å². The Morgan fingerprint density at radius 2 is 2.00 bits per heavy atom. The van der Waals surface area contributed by atoms with Crippen LogP contribution >= 0.6 is 0 Å². The molecule has 8 heteroatoms. The van der Waals surface area contributed by atoms with Gasteiger partial charge in [0.05, 0.1) is 5.56 Å². The minimum absolute atomic E-state index is 0.00489. The van der Waals surface area contributed by atoms with Crippen LogP contribution in [0.3, 0.4) is 0 Å². The third-order valence-corrected chi connectivity index (χ3v) is 6.78. The molecule has 1 N–H and O–H groups in total. The number of nitrogens with one attached hydrogen (secondary N) is 1. The largest absolute Gasteiger partial charge is 0.404 e. The molecule has 1 atom stereocenters. The SMILES string of the molecule is CCn1c(=O)c(C#COc2ccccc2F)cc2cnc(Nc3ccc(CC4CCCN(C)C4)cc3)nc21. The molecule has 4 aromatic rings. The maximum absolute atomic E-state index is 13.8. The van der Waals surface area contributed by atoms with Crippen LogP contribution in [-0.2, 0) is 13.0 Å². The van der Waals surface area contributed by atoms with Crippen LogP contribution < -0.4 is 15.6 Å². The van der Waals surface area contributed by atoms with Gasteiger partial charge in [0.1, 0.15) is 11.8 Å². The topological polar surface area (TPSA) is 72.3 Å². The summed E-state index contributed by atoms with van der Waals surface area (Å²) in [6, 6.07) is 16.0. The molecule has 5 rings (SSSR count). The van der Waals surface area contributed by atoms with Gasteiger partial charge in [0, 0.05) is 30.4 Å². The molecule has 1 unspecified atom stereocenters. The third-order valence-electron chi connectivity index (χ3n) is 6.78. The van der Waals surface area contributed by atoms with Gasteiger partial charge in [0.2, 0.25) is 5.95 Å². The number of aryl methyl sites for hydroxylation is 1. The molecular formula is C30H30FN5O2. The number of para-hydroxylation sites is 1. The first-order valence-corrected chi connectivity index (χ1v) is 12.9. The number of ether oxygens (including phenoxy) is 1. The van der Waals surface area contributed by atoms with Crippen LogP contribution in [0.25, 0.3) is 11.0 Å². The van der Waals surface area contributed by atoms with Gasteiger partial charge in [0.15, 0.2) is 11.6 Å². The van der Waals surface area contributed by atoms with E-state index in [1.807, 2.05) is 19.1 Å². The van der Waals surface area contributed by atoms with Crippen molar-refractivity contribution >= 4 is 22.7 Å². The van der Waals surface area contributed by atoms with Crippen molar-refractivity contribution in [2.75, 3.05) is 25.5 Å². The normalized spacial score (nSPS) is 15.6. The summed E-state index contributed by atoms with van der Waals surface area (Å²) in [5.41, 5.74) is 2.63. The molecule has 0 spiro atoms. The van der Waals surface area contributed by atoms with Crippen molar-refractivity contribution in [3.8, 4) is 17.8 Å². The number of benzene rings is 2. The Morgan fingerprint density at radius 3 is 2.76 bits per heavy atom. The van der Waals surface area contributed by atoms with E-state index in [1.54, 1.807) is 29.0 Å². The molecule has 1 aliphatic heterocycles. The van der Waals surface area contributed by atoms with Crippen molar-refractivity contribution in [2.45, 2.75) is 32.7 Å². The second kappa shape index (κ2) is 11.4. The van der Waals surface area contributed by atoms with Gasteiger partial charge < -0.3 is 15.0 Å². The van der Waals surface area contributed by atoms with E-state index in [-0.39, 0.29) is 16.9 Å². The van der Waals surface area contributed by atoms with Gasteiger partial charge in [0.25, 0.3) is 5.56 Å². The summed E-state index contributed by atoms with van der Waals surface area (Å²) in [4.78, 5) is 24.5. The van der Waals surface area contributed by atoms with E-state index in [1.165, 1.54) is 37.1 Å². The number of nitrogens with zero attached hydrogens (tertiary/aromatic N) is 4. The fraction of sp³-hybridized carbons (Fsp3) is 0.300. The molecule has 0 amide bonds. The minimum atomic E-state index is -0.522. The first-order valence-electron chi connectivity index (χ1n) is 12.9. The third kappa shape index (κ3) is 5.84. The van der Waals surface area contributed by atoms with Crippen LogP contribution in [0.5, 0.6) is 5.75 Å². The zero-order chi connectivity index (χ0) is 26.5. The number of hydrogen-bond donors (Lipinski definition) is 1. The first-order chi connectivity index (χ1) is 18.5. The number of pyridine rings is 1. The van der Waals surface area contributed by atoms with Gasteiger partial charge in [-0.3, -0.25) is 9.36 Å². The number of aromatic nitrogens is 3. The number of anilines is 2. The summed E-state index contributed by atoms with van der Waals surface area (Å²) in [6.07, 6.45) is 7.71. The Labute approximate surface area is 221 Å². The number of likely N-dealkylation sites (tertiary alicyclic amines) is 1. The fourth-order valence-corrected chi connectivity index (χ4v) is 4.89. The highest BCUT2D eigenvalue weighted by Crippen LogP contribution is 2.22. The van der Waals surface area contributed by atoms with E-state index in [0.717, 1.165) is 18.7 Å². The van der Waals surface area contributed by atoms with E-state index in [9.17, 15) is 9.18 Å². The van der Waals surface area contributed by atoms with Crippen molar-refractivity contribution in [2.24, 2.45) is 5.92 Å². The van der Waals surface area contributed by atoms with Gasteiger partial charge in [-0.1, -0.05) is 24.3 Å². The van der Waals surface area contributed by atoms with Gasteiger partial charge in [-0.2, -0.15) is 4.98 Å². The van der Waals surface area contributed by atoms with Crippen LogP contribution in [-0.4, -0.2) is 39.6 Å². The first kappa shape index (κ1) is 25.4. The Balaban J connectivity index is 1.33. The molecule has 0 saturated carbocycles. The van der Waals surface area contributed by atoms with E-state index in [2.05, 4.69) is 51.4 Å². The van der Waals surface area contributed by atoms with Crippen molar-refractivity contribution < 1.29 is 9.13 Å². The molecule has 1 aliphatic rings. The molecule has 0 radical (unpaired) electrons. The summed E-state index contributed by atoms with van der Waals surface area (Å²) in [6.45, 7) is 4.61. The Kier molecular flexibility index (Phi) is 7.66. The van der Waals surface area contributed by atoms with E-state index in [4.69, 9.17) is 4.74 Å². The number of rotatable bonds is 6. The maximum atomic E-state index is 13.8. The summed E-state index contributed by atoms with van der Waals surface area (Å²) in [7, 11) is 2.19. The Hall–Kier alpha value is -4.22. The quantitative estimate of drug-likeness (QED) is 0.369. The summed E-state index contributed by atoms with van der Waals surface area (Å²) < 4.78 is 20.5. The maximum Gasteiger partial charge on any atom is 0.268 e. The predicted molar refractivity (Wildman–Crippen MR) is 147 cm³/mol. The smallest absolute Gasteiger partial charge is 0.268 e. The van der Waals surface area contributed by atoms with Crippen molar-refractivity contribution in [1.82, 2.24) is 19.4 Å². The summed E-state index contributed by atoms with van der Waals surface area (Å²) >= 11 is 0. The second-order valence-corrected chi connectivity index (χ2v) is 9.64. The molecule has 0 bridgehead atoms. The lowest BCUT2D eigenvalue weighted by Crippen LogP contribution is -2.32. The Bertz CT molecular complexity index is 1560. The van der Waals surface area contributed by atoms with Gasteiger partial charge in [-0.25, -0.2) is 9.37 Å². The highest BCUT2D eigenvalue weighted by Gasteiger charge is 2.17. The number of halogens is 1. The molecule has 1 saturated heterocycles. The van der Waals surface area contributed by atoms with Crippen LogP contribution in [0.15, 0.2) is 65.6 Å². The molecular weight excluding hydrogens is 481 g/mol.